The third-order valence-corrected chi connectivity index (χ3v) is 5.78. The number of nitrogens with one attached hydrogen (secondary N) is 2. The van der Waals surface area contributed by atoms with Gasteiger partial charge in [0.25, 0.3) is 5.91 Å². The van der Waals surface area contributed by atoms with Gasteiger partial charge in [-0.3, -0.25) is 4.79 Å². The van der Waals surface area contributed by atoms with Crippen LogP contribution in [0.4, 0.5) is 15.9 Å². The second-order valence-electron chi connectivity index (χ2n) is 8.05. The van der Waals surface area contributed by atoms with Crippen LogP contribution in [-0.2, 0) is 0 Å². The van der Waals surface area contributed by atoms with E-state index in [2.05, 4.69) is 27.5 Å². The molecule has 166 valence electrons. The number of amides is 1. The molecule has 7 nitrogen and oxygen atoms in total. The third-order valence-electron chi connectivity index (χ3n) is 5.78. The number of halogens is 1. The molecule has 5 rings (SSSR count). The van der Waals surface area contributed by atoms with Crippen molar-refractivity contribution in [3.05, 3.63) is 78.4 Å². The zero-order valence-corrected chi connectivity index (χ0v) is 18.1. The van der Waals surface area contributed by atoms with Crippen molar-refractivity contribution in [2.24, 2.45) is 0 Å². The molecule has 1 aliphatic rings. The largest absolute Gasteiger partial charge is 0.338 e. The van der Waals surface area contributed by atoms with Crippen LogP contribution in [-0.4, -0.2) is 51.4 Å². The zero-order chi connectivity index (χ0) is 22.8. The second-order valence-corrected chi connectivity index (χ2v) is 8.05. The molecule has 3 heterocycles. The SMILES string of the molecule is C[C@H]1CNCCN1C(=O)c1ccc(-c2ccc3ncnc(Nc4ccc(F)cc4)c3n2)cc1. The molecule has 0 radical (unpaired) electrons. The highest BCUT2D eigenvalue weighted by Crippen LogP contribution is 2.26. The second kappa shape index (κ2) is 8.91. The van der Waals surface area contributed by atoms with Gasteiger partial charge in [-0.05, 0) is 55.5 Å². The predicted molar refractivity (Wildman–Crippen MR) is 126 cm³/mol. The van der Waals surface area contributed by atoms with Crippen LogP contribution in [0.1, 0.15) is 17.3 Å². The number of benzene rings is 2. The smallest absolute Gasteiger partial charge is 0.254 e. The molecule has 1 fully saturated rings. The fraction of sp³-hybridized carbons (Fsp3) is 0.200. The lowest BCUT2D eigenvalue weighted by molar-refractivity contribution is 0.0656. The Kier molecular flexibility index (Phi) is 5.66. The van der Waals surface area contributed by atoms with Crippen molar-refractivity contribution in [3.63, 3.8) is 0 Å². The summed E-state index contributed by atoms with van der Waals surface area (Å²) in [5.41, 5.74) is 4.29. The summed E-state index contributed by atoms with van der Waals surface area (Å²) in [6.45, 7) is 4.38. The molecule has 0 aliphatic carbocycles. The maximum atomic E-state index is 13.2. The van der Waals surface area contributed by atoms with E-state index >= 15 is 0 Å². The first-order valence-electron chi connectivity index (χ1n) is 10.8. The molecular weight excluding hydrogens is 419 g/mol. The van der Waals surface area contributed by atoms with Gasteiger partial charge in [-0.2, -0.15) is 0 Å². The predicted octanol–water partition coefficient (Wildman–Crippen LogP) is 4.01. The van der Waals surface area contributed by atoms with Crippen LogP contribution in [0.2, 0.25) is 0 Å². The summed E-state index contributed by atoms with van der Waals surface area (Å²) in [7, 11) is 0. The van der Waals surface area contributed by atoms with Crippen LogP contribution in [0.15, 0.2) is 67.0 Å². The number of carbonyl (C=O) groups is 1. The molecule has 1 atom stereocenters. The minimum atomic E-state index is -0.304. The van der Waals surface area contributed by atoms with Gasteiger partial charge in [-0.15, -0.1) is 0 Å². The number of carbonyl (C=O) groups excluding carboxylic acids is 1. The van der Waals surface area contributed by atoms with E-state index in [1.165, 1.54) is 18.5 Å². The van der Waals surface area contributed by atoms with E-state index in [1.54, 1.807) is 12.1 Å². The van der Waals surface area contributed by atoms with Crippen molar-refractivity contribution in [1.82, 2.24) is 25.2 Å². The van der Waals surface area contributed by atoms with Crippen LogP contribution in [0.5, 0.6) is 0 Å². The standard InChI is InChI=1S/C25H23FN6O/c1-16-14-27-12-13-32(16)25(33)18-4-2-17(3-5-18)21-10-11-22-23(31-21)24(29-15-28-22)30-20-8-6-19(26)7-9-20/h2-11,15-16,27H,12-14H2,1H3,(H,28,29,30)/t16-/m0/s1. The molecule has 33 heavy (non-hydrogen) atoms. The highest BCUT2D eigenvalue weighted by atomic mass is 19.1. The minimum Gasteiger partial charge on any atom is -0.338 e. The number of aromatic nitrogens is 3. The van der Waals surface area contributed by atoms with Crippen molar-refractivity contribution in [3.8, 4) is 11.3 Å². The molecular formula is C25H23FN6O. The van der Waals surface area contributed by atoms with E-state index in [4.69, 9.17) is 4.98 Å². The first kappa shape index (κ1) is 21.0. The highest BCUT2D eigenvalue weighted by molar-refractivity contribution is 5.95. The lowest BCUT2D eigenvalue weighted by atomic mass is 10.1. The van der Waals surface area contributed by atoms with Gasteiger partial charge >= 0.3 is 0 Å². The monoisotopic (exact) mass is 442 g/mol. The van der Waals surface area contributed by atoms with Gasteiger partial charge in [0.15, 0.2) is 5.82 Å². The average molecular weight is 442 g/mol. The van der Waals surface area contributed by atoms with E-state index < -0.39 is 0 Å². The van der Waals surface area contributed by atoms with Gasteiger partial charge < -0.3 is 15.5 Å². The Bertz CT molecular complexity index is 1290. The maximum Gasteiger partial charge on any atom is 0.254 e. The number of hydrogen-bond acceptors (Lipinski definition) is 6. The van der Waals surface area contributed by atoms with Crippen LogP contribution >= 0.6 is 0 Å². The van der Waals surface area contributed by atoms with E-state index in [1.807, 2.05) is 41.3 Å². The molecule has 8 heteroatoms. The Hall–Kier alpha value is -3.91. The summed E-state index contributed by atoms with van der Waals surface area (Å²) in [5.74, 6) is 0.274. The Morgan fingerprint density at radius 2 is 1.85 bits per heavy atom. The van der Waals surface area contributed by atoms with Crippen molar-refractivity contribution < 1.29 is 9.18 Å². The number of nitrogens with zero attached hydrogens (tertiary/aromatic N) is 4. The molecule has 1 amide bonds. The zero-order valence-electron chi connectivity index (χ0n) is 18.1. The molecule has 2 aromatic carbocycles. The minimum absolute atomic E-state index is 0.0428. The quantitative estimate of drug-likeness (QED) is 0.497. The molecule has 4 aromatic rings. The van der Waals surface area contributed by atoms with E-state index in [-0.39, 0.29) is 17.8 Å². The van der Waals surface area contributed by atoms with Crippen LogP contribution in [0, 0.1) is 5.82 Å². The van der Waals surface area contributed by atoms with Gasteiger partial charge in [0.1, 0.15) is 17.7 Å². The number of hydrogen-bond donors (Lipinski definition) is 2. The lowest BCUT2D eigenvalue weighted by Gasteiger charge is -2.34. The van der Waals surface area contributed by atoms with Crippen molar-refractivity contribution in [2.75, 3.05) is 25.0 Å². The van der Waals surface area contributed by atoms with Crippen molar-refractivity contribution in [1.29, 1.82) is 0 Å². The first-order chi connectivity index (χ1) is 16.1. The fourth-order valence-corrected chi connectivity index (χ4v) is 3.95. The summed E-state index contributed by atoms with van der Waals surface area (Å²) in [4.78, 5) is 28.2. The third kappa shape index (κ3) is 4.38. The molecule has 0 spiro atoms. The lowest BCUT2D eigenvalue weighted by Crippen LogP contribution is -2.52. The summed E-state index contributed by atoms with van der Waals surface area (Å²) in [6.07, 6.45) is 1.47. The molecule has 0 unspecified atom stereocenters. The number of rotatable bonds is 4. The fourth-order valence-electron chi connectivity index (χ4n) is 3.95. The van der Waals surface area contributed by atoms with Crippen molar-refractivity contribution >= 4 is 28.4 Å². The number of piperazine rings is 1. The summed E-state index contributed by atoms with van der Waals surface area (Å²) in [5, 5.41) is 6.49. The van der Waals surface area contributed by atoms with Gasteiger partial charge in [0.05, 0.1) is 11.2 Å². The van der Waals surface area contributed by atoms with Crippen molar-refractivity contribution in [2.45, 2.75) is 13.0 Å². The van der Waals surface area contributed by atoms with Gasteiger partial charge in [-0.25, -0.2) is 19.3 Å². The Morgan fingerprint density at radius 3 is 2.61 bits per heavy atom. The van der Waals surface area contributed by atoms with Crippen LogP contribution < -0.4 is 10.6 Å². The molecule has 1 aliphatic heterocycles. The normalized spacial score (nSPS) is 16.1. The number of pyridine rings is 1. The van der Waals surface area contributed by atoms with E-state index in [0.29, 0.717) is 34.6 Å². The van der Waals surface area contributed by atoms with Crippen LogP contribution in [0.25, 0.3) is 22.3 Å². The topological polar surface area (TPSA) is 83.0 Å². The van der Waals surface area contributed by atoms with Crippen LogP contribution in [0.3, 0.4) is 0 Å². The molecule has 1 saturated heterocycles. The molecule has 2 aromatic heterocycles. The summed E-state index contributed by atoms with van der Waals surface area (Å²) >= 11 is 0. The van der Waals surface area contributed by atoms with Gasteiger partial charge in [-0.1, -0.05) is 12.1 Å². The highest BCUT2D eigenvalue weighted by Gasteiger charge is 2.24. The summed E-state index contributed by atoms with van der Waals surface area (Å²) in [6, 6.07) is 17.5. The first-order valence-corrected chi connectivity index (χ1v) is 10.8. The maximum absolute atomic E-state index is 13.2. The summed E-state index contributed by atoms with van der Waals surface area (Å²) < 4.78 is 13.2. The molecule has 2 N–H and O–H groups in total. The van der Waals surface area contributed by atoms with E-state index in [0.717, 1.165) is 24.3 Å². The Morgan fingerprint density at radius 1 is 1.06 bits per heavy atom. The van der Waals surface area contributed by atoms with Gasteiger partial charge in [0, 0.05) is 42.5 Å². The Balaban J connectivity index is 1.42. The number of anilines is 2. The molecule has 0 saturated carbocycles. The molecule has 0 bridgehead atoms. The number of fused-ring (bicyclic) bond motifs is 1. The van der Waals surface area contributed by atoms with Gasteiger partial charge in [0.2, 0.25) is 0 Å². The average Bonchev–Trinajstić information content (AvgIpc) is 2.85. The Labute approximate surface area is 190 Å². The van der Waals surface area contributed by atoms with E-state index in [9.17, 15) is 9.18 Å².